The van der Waals surface area contributed by atoms with Crippen LogP contribution in [-0.4, -0.2) is 75.3 Å². The van der Waals surface area contributed by atoms with E-state index in [1.165, 1.54) is 18.4 Å². The lowest BCUT2D eigenvalue weighted by Gasteiger charge is -2.34. The van der Waals surface area contributed by atoms with Gasteiger partial charge in [-0.3, -0.25) is 0 Å². The summed E-state index contributed by atoms with van der Waals surface area (Å²) < 4.78 is 30.0. The maximum atomic E-state index is 12.1. The van der Waals surface area contributed by atoms with Crippen molar-refractivity contribution in [3.8, 4) is 0 Å². The fourth-order valence-electron chi connectivity index (χ4n) is 2.41. The highest BCUT2D eigenvalue weighted by Crippen LogP contribution is 2.18. The Morgan fingerprint density at radius 3 is 2.57 bits per heavy atom. The minimum Gasteiger partial charge on any atom is -0.444 e. The molecule has 0 aliphatic carbocycles. The number of rotatable bonds is 6. The summed E-state index contributed by atoms with van der Waals surface area (Å²) in [7, 11) is -0.0856. The van der Waals surface area contributed by atoms with Gasteiger partial charge in [-0.25, -0.2) is 17.5 Å². The molecule has 0 spiro atoms. The van der Waals surface area contributed by atoms with Gasteiger partial charge in [0.05, 0.1) is 5.75 Å². The second-order valence-electron chi connectivity index (χ2n) is 7.24. The summed E-state index contributed by atoms with van der Waals surface area (Å²) >= 11 is 0. The topological polar surface area (TPSA) is 79.0 Å². The van der Waals surface area contributed by atoms with Gasteiger partial charge in [0.15, 0.2) is 0 Å². The quantitative estimate of drug-likeness (QED) is 0.727. The molecule has 1 aliphatic rings. The molecule has 1 saturated heterocycles. The van der Waals surface area contributed by atoms with E-state index in [-0.39, 0.29) is 11.8 Å². The lowest BCUT2D eigenvalue weighted by Crippen LogP contribution is -2.45. The van der Waals surface area contributed by atoms with E-state index in [4.69, 9.17) is 4.74 Å². The van der Waals surface area contributed by atoms with E-state index in [2.05, 4.69) is 5.32 Å². The number of nitrogens with one attached hydrogen (secondary N) is 1. The van der Waals surface area contributed by atoms with Crippen LogP contribution in [0.25, 0.3) is 0 Å². The van der Waals surface area contributed by atoms with Gasteiger partial charge in [-0.15, -0.1) is 0 Å². The fraction of sp³-hybridized carbons (Fsp3) is 0.933. The third-order valence-corrected chi connectivity index (χ3v) is 5.53. The van der Waals surface area contributed by atoms with Gasteiger partial charge in [0.1, 0.15) is 5.60 Å². The minimum atomic E-state index is -3.16. The van der Waals surface area contributed by atoms with E-state index in [0.29, 0.717) is 25.6 Å². The highest BCUT2D eigenvalue weighted by Gasteiger charge is 2.27. The maximum absolute atomic E-state index is 12.1. The standard InChI is InChI=1S/C15H31N3O4S/c1-15(2,3)22-14(19)18-9-6-7-13(12-18)11-16-8-10-23(20,21)17(4)5/h13,16H,6-12H2,1-5H3. The smallest absolute Gasteiger partial charge is 0.410 e. The monoisotopic (exact) mass is 349 g/mol. The van der Waals surface area contributed by atoms with Crippen molar-refractivity contribution in [2.75, 3.05) is 46.0 Å². The first-order valence-electron chi connectivity index (χ1n) is 8.10. The Bertz CT molecular complexity index is 485. The summed E-state index contributed by atoms with van der Waals surface area (Å²) in [4.78, 5) is 13.8. The number of hydrogen-bond donors (Lipinski definition) is 1. The summed E-state index contributed by atoms with van der Waals surface area (Å²) in [6.07, 6.45) is 1.71. The van der Waals surface area contributed by atoms with Gasteiger partial charge in [0, 0.05) is 33.7 Å². The second-order valence-corrected chi connectivity index (χ2v) is 9.54. The Morgan fingerprint density at radius 2 is 2.00 bits per heavy atom. The summed E-state index contributed by atoms with van der Waals surface area (Å²) in [6, 6.07) is 0. The molecule has 1 heterocycles. The molecule has 1 atom stereocenters. The van der Waals surface area contributed by atoms with E-state index in [0.717, 1.165) is 19.4 Å². The van der Waals surface area contributed by atoms with Crippen LogP contribution < -0.4 is 5.32 Å². The van der Waals surface area contributed by atoms with Crippen molar-refractivity contribution in [1.29, 1.82) is 0 Å². The van der Waals surface area contributed by atoms with Crippen LogP contribution in [0.4, 0.5) is 4.79 Å². The molecule has 1 amide bonds. The Labute approximate surface area is 140 Å². The normalized spacial score (nSPS) is 19.9. The molecule has 0 radical (unpaired) electrons. The van der Waals surface area contributed by atoms with E-state index >= 15 is 0 Å². The van der Waals surface area contributed by atoms with Crippen LogP contribution >= 0.6 is 0 Å². The molecule has 0 bridgehead atoms. The molecule has 1 fully saturated rings. The number of amides is 1. The van der Waals surface area contributed by atoms with Crippen LogP contribution in [-0.2, 0) is 14.8 Å². The molecule has 0 aromatic heterocycles. The van der Waals surface area contributed by atoms with Crippen molar-refractivity contribution >= 4 is 16.1 Å². The maximum Gasteiger partial charge on any atom is 0.410 e. The van der Waals surface area contributed by atoms with Crippen molar-refractivity contribution < 1.29 is 17.9 Å². The molecular formula is C15H31N3O4S. The highest BCUT2D eigenvalue weighted by molar-refractivity contribution is 7.89. The van der Waals surface area contributed by atoms with Gasteiger partial charge < -0.3 is 15.0 Å². The Morgan fingerprint density at radius 1 is 1.35 bits per heavy atom. The molecule has 8 heteroatoms. The average molecular weight is 349 g/mol. The average Bonchev–Trinajstić information content (AvgIpc) is 2.42. The van der Waals surface area contributed by atoms with E-state index in [9.17, 15) is 13.2 Å². The second kappa shape index (κ2) is 8.30. The van der Waals surface area contributed by atoms with Crippen molar-refractivity contribution in [1.82, 2.24) is 14.5 Å². The molecule has 0 aromatic rings. The molecule has 1 N–H and O–H groups in total. The zero-order chi connectivity index (χ0) is 17.7. The molecule has 136 valence electrons. The number of ether oxygens (including phenoxy) is 1. The number of sulfonamides is 1. The Balaban J connectivity index is 2.35. The minimum absolute atomic E-state index is 0.0858. The zero-order valence-corrected chi connectivity index (χ0v) is 15.8. The van der Waals surface area contributed by atoms with Crippen molar-refractivity contribution in [3.05, 3.63) is 0 Å². The summed E-state index contributed by atoms with van der Waals surface area (Å²) in [5, 5.41) is 3.19. The van der Waals surface area contributed by atoms with Gasteiger partial charge in [-0.2, -0.15) is 0 Å². The van der Waals surface area contributed by atoms with Gasteiger partial charge in [0.25, 0.3) is 0 Å². The zero-order valence-electron chi connectivity index (χ0n) is 15.0. The number of piperidine rings is 1. The van der Waals surface area contributed by atoms with Crippen molar-refractivity contribution in [3.63, 3.8) is 0 Å². The lowest BCUT2D eigenvalue weighted by molar-refractivity contribution is 0.0167. The van der Waals surface area contributed by atoms with E-state index in [1.54, 1.807) is 4.90 Å². The summed E-state index contributed by atoms with van der Waals surface area (Å²) in [5.74, 6) is 0.418. The Hall–Kier alpha value is -0.860. The largest absolute Gasteiger partial charge is 0.444 e. The third kappa shape index (κ3) is 7.50. The van der Waals surface area contributed by atoms with E-state index < -0.39 is 15.6 Å². The Kier molecular flexibility index (Phi) is 7.29. The first-order chi connectivity index (χ1) is 10.5. The van der Waals surface area contributed by atoms with Crippen LogP contribution in [0.5, 0.6) is 0 Å². The fourth-order valence-corrected chi connectivity index (χ4v) is 3.18. The molecule has 0 saturated carbocycles. The highest BCUT2D eigenvalue weighted by atomic mass is 32.2. The lowest BCUT2D eigenvalue weighted by atomic mass is 9.98. The number of nitrogens with zero attached hydrogens (tertiary/aromatic N) is 2. The molecule has 7 nitrogen and oxygen atoms in total. The van der Waals surface area contributed by atoms with Crippen molar-refractivity contribution in [2.24, 2.45) is 5.92 Å². The van der Waals surface area contributed by atoms with E-state index in [1.807, 2.05) is 20.8 Å². The van der Waals surface area contributed by atoms with Crippen LogP contribution in [0.1, 0.15) is 33.6 Å². The van der Waals surface area contributed by atoms with Crippen LogP contribution in [0.2, 0.25) is 0 Å². The number of likely N-dealkylation sites (tertiary alicyclic amines) is 1. The first-order valence-corrected chi connectivity index (χ1v) is 9.71. The van der Waals surface area contributed by atoms with Gasteiger partial charge >= 0.3 is 6.09 Å². The summed E-state index contributed by atoms with van der Waals surface area (Å²) in [5.41, 5.74) is -0.483. The van der Waals surface area contributed by atoms with Crippen molar-refractivity contribution in [2.45, 2.75) is 39.2 Å². The molecule has 1 unspecified atom stereocenters. The number of hydrogen-bond acceptors (Lipinski definition) is 5. The first kappa shape index (κ1) is 20.2. The molecule has 0 aromatic carbocycles. The molecule has 23 heavy (non-hydrogen) atoms. The van der Waals surface area contributed by atoms with Crippen LogP contribution in [0.15, 0.2) is 0 Å². The SMILES string of the molecule is CN(C)S(=O)(=O)CCNCC1CCCN(C(=O)OC(C)(C)C)C1. The predicted octanol–water partition coefficient (Wildman–Crippen LogP) is 1.11. The molecule has 1 aliphatic heterocycles. The van der Waals surface area contributed by atoms with Crippen LogP contribution in [0.3, 0.4) is 0 Å². The van der Waals surface area contributed by atoms with Gasteiger partial charge in [-0.05, 0) is 46.1 Å². The number of carbonyl (C=O) groups is 1. The third-order valence-electron chi connectivity index (χ3n) is 3.70. The van der Waals surface area contributed by atoms with Gasteiger partial charge in [-0.1, -0.05) is 0 Å². The van der Waals surface area contributed by atoms with Crippen LogP contribution in [0, 0.1) is 5.92 Å². The van der Waals surface area contributed by atoms with Gasteiger partial charge in [0.2, 0.25) is 10.0 Å². The molecule has 1 rings (SSSR count). The predicted molar refractivity (Wildman–Crippen MR) is 90.9 cm³/mol. The summed E-state index contributed by atoms with van der Waals surface area (Å²) in [6.45, 7) is 8.09. The molecular weight excluding hydrogens is 318 g/mol. The number of carbonyl (C=O) groups excluding carboxylic acids is 1.